The van der Waals surface area contributed by atoms with Gasteiger partial charge >= 0.3 is 5.97 Å². The van der Waals surface area contributed by atoms with Gasteiger partial charge in [0.05, 0.1) is 26.2 Å². The van der Waals surface area contributed by atoms with E-state index in [2.05, 4.69) is 9.64 Å². The zero-order valence-corrected chi connectivity index (χ0v) is 20.9. The summed E-state index contributed by atoms with van der Waals surface area (Å²) in [6.45, 7) is 5.73. The molecule has 7 heteroatoms. The van der Waals surface area contributed by atoms with Crippen LogP contribution in [0.4, 0.5) is 4.39 Å². The molecule has 0 unspecified atom stereocenters. The van der Waals surface area contributed by atoms with Crippen LogP contribution in [0.25, 0.3) is 6.08 Å². The smallest absolute Gasteiger partial charge is 0.309 e. The maximum atomic E-state index is 14.0. The largest absolute Gasteiger partial charge is 0.469 e. The quantitative estimate of drug-likeness (QED) is 0.346. The lowest BCUT2D eigenvalue weighted by Crippen LogP contribution is -2.41. The van der Waals surface area contributed by atoms with Gasteiger partial charge in [0.25, 0.3) is 0 Å². The highest BCUT2D eigenvalue weighted by Crippen LogP contribution is 2.25. The van der Waals surface area contributed by atoms with Crippen LogP contribution in [0.15, 0.2) is 48.5 Å². The molecule has 3 atom stereocenters. The molecule has 6 nitrogen and oxygen atoms in total. The Bertz CT molecular complexity index is 997. The summed E-state index contributed by atoms with van der Waals surface area (Å²) < 4.78 is 24.8. The van der Waals surface area contributed by atoms with Crippen molar-refractivity contribution in [3.63, 3.8) is 0 Å². The molecule has 1 aliphatic rings. The molecule has 0 spiro atoms. The second-order valence-corrected chi connectivity index (χ2v) is 9.12. The summed E-state index contributed by atoms with van der Waals surface area (Å²) in [4.78, 5) is 19.0. The van der Waals surface area contributed by atoms with Crippen molar-refractivity contribution in [1.82, 2.24) is 4.90 Å². The fraction of sp³-hybridized carbons (Fsp3) is 0.464. The van der Waals surface area contributed by atoms with Crippen molar-refractivity contribution in [3.05, 3.63) is 76.6 Å². The summed E-state index contributed by atoms with van der Waals surface area (Å²) in [5.41, 5.74) is 3.68. The normalized spacial score (nSPS) is 18.1. The maximum Gasteiger partial charge on any atom is 0.309 e. The molecule has 2 aromatic carbocycles. The Labute approximate surface area is 207 Å². The van der Waals surface area contributed by atoms with E-state index in [1.165, 1.54) is 7.11 Å². The van der Waals surface area contributed by atoms with E-state index in [0.717, 1.165) is 42.5 Å². The number of esters is 1. The van der Waals surface area contributed by atoms with E-state index in [1.54, 1.807) is 19.1 Å². The summed E-state index contributed by atoms with van der Waals surface area (Å²) in [7, 11) is 1.38. The first-order chi connectivity index (χ1) is 16.9. The second kappa shape index (κ2) is 13.5. The van der Waals surface area contributed by atoms with E-state index < -0.39 is 0 Å². The summed E-state index contributed by atoms with van der Waals surface area (Å²) in [5, 5.41) is 0. The Balaban J connectivity index is 1.56. The van der Waals surface area contributed by atoms with Crippen molar-refractivity contribution >= 4 is 12.0 Å². The highest BCUT2D eigenvalue weighted by molar-refractivity contribution is 5.72. The minimum absolute atomic E-state index is 0.155. The molecule has 0 bridgehead atoms. The number of methoxy groups -OCH3 is 1. The van der Waals surface area contributed by atoms with Crippen LogP contribution in [0.5, 0.6) is 0 Å². The number of hydrogen-bond acceptors (Lipinski definition) is 6. The standard InChI is InChI=1S/C28H37FN2O4/c1-20-13-14-22(17-27(20)29)16-24-10-7-15-31(24)18-25(35-30)19-34-21(2)26-11-5-4-8-23(26)9-6-12-28(32)33-3/h4-6,8-9,11,13-14,17,21,24-25H,7,10,12,15-16,18-19,30H2,1-3H3/b9-6+/t21-,24+,25-/m1/s1. The Kier molecular flexibility index (Phi) is 10.4. The Morgan fingerprint density at radius 3 is 2.83 bits per heavy atom. The molecule has 1 fully saturated rings. The number of halogens is 1. The predicted molar refractivity (Wildman–Crippen MR) is 135 cm³/mol. The third kappa shape index (κ3) is 7.97. The Morgan fingerprint density at radius 1 is 1.29 bits per heavy atom. The topological polar surface area (TPSA) is 74.0 Å². The van der Waals surface area contributed by atoms with Gasteiger partial charge in [-0.05, 0) is 68.0 Å². The molecule has 2 aromatic rings. The first-order valence-electron chi connectivity index (χ1n) is 12.2. The number of aryl methyl sites for hydroxylation is 1. The van der Waals surface area contributed by atoms with Gasteiger partial charge in [-0.3, -0.25) is 14.5 Å². The number of rotatable bonds is 12. The number of hydrogen-bond donors (Lipinski definition) is 1. The molecule has 0 aliphatic carbocycles. The molecular weight excluding hydrogens is 447 g/mol. The van der Waals surface area contributed by atoms with Gasteiger partial charge in [-0.1, -0.05) is 48.6 Å². The van der Waals surface area contributed by atoms with Crippen molar-refractivity contribution in [2.75, 3.05) is 26.8 Å². The molecule has 0 saturated carbocycles. The summed E-state index contributed by atoms with van der Waals surface area (Å²) in [6, 6.07) is 13.7. The van der Waals surface area contributed by atoms with E-state index in [4.69, 9.17) is 15.5 Å². The molecule has 0 radical (unpaired) electrons. The zero-order valence-electron chi connectivity index (χ0n) is 20.9. The number of ether oxygens (including phenoxy) is 2. The van der Waals surface area contributed by atoms with Gasteiger partial charge in [-0.15, -0.1) is 0 Å². The highest BCUT2D eigenvalue weighted by Gasteiger charge is 2.28. The van der Waals surface area contributed by atoms with E-state index in [1.807, 2.05) is 49.4 Å². The molecule has 190 valence electrons. The second-order valence-electron chi connectivity index (χ2n) is 9.12. The lowest BCUT2D eigenvalue weighted by Gasteiger charge is -2.29. The molecule has 1 heterocycles. The summed E-state index contributed by atoms with van der Waals surface area (Å²) in [5.74, 6) is 5.20. The van der Waals surface area contributed by atoms with Crippen LogP contribution < -0.4 is 5.90 Å². The van der Waals surface area contributed by atoms with Gasteiger partial charge in [0, 0.05) is 12.6 Å². The van der Waals surface area contributed by atoms with Crippen molar-refractivity contribution in [1.29, 1.82) is 0 Å². The molecule has 35 heavy (non-hydrogen) atoms. The van der Waals surface area contributed by atoms with Gasteiger partial charge in [0.2, 0.25) is 0 Å². The van der Waals surface area contributed by atoms with Gasteiger partial charge < -0.3 is 9.47 Å². The number of benzene rings is 2. The Morgan fingerprint density at radius 2 is 2.09 bits per heavy atom. The first-order valence-corrected chi connectivity index (χ1v) is 12.2. The van der Waals surface area contributed by atoms with Gasteiger partial charge in [-0.25, -0.2) is 10.3 Å². The van der Waals surface area contributed by atoms with Crippen LogP contribution in [0.2, 0.25) is 0 Å². The maximum absolute atomic E-state index is 14.0. The average Bonchev–Trinajstić information content (AvgIpc) is 3.30. The van der Waals surface area contributed by atoms with Crippen LogP contribution >= 0.6 is 0 Å². The molecule has 0 aromatic heterocycles. The van der Waals surface area contributed by atoms with E-state index in [0.29, 0.717) is 24.8 Å². The molecule has 2 N–H and O–H groups in total. The van der Waals surface area contributed by atoms with Crippen molar-refractivity contribution in [2.45, 2.75) is 57.8 Å². The average molecular weight is 485 g/mol. The summed E-state index contributed by atoms with van der Waals surface area (Å²) >= 11 is 0. The number of likely N-dealkylation sites (tertiary alicyclic amines) is 1. The number of carbonyl (C=O) groups excluding carboxylic acids is 1. The highest BCUT2D eigenvalue weighted by atomic mass is 19.1. The van der Waals surface area contributed by atoms with Gasteiger partial charge in [0.15, 0.2) is 0 Å². The lowest BCUT2D eigenvalue weighted by atomic mass is 10.0. The molecule has 0 amide bonds. The summed E-state index contributed by atoms with van der Waals surface area (Å²) in [6.07, 6.45) is 6.41. The van der Waals surface area contributed by atoms with Gasteiger partial charge in [-0.2, -0.15) is 0 Å². The molecule has 1 saturated heterocycles. The SMILES string of the molecule is COC(=O)C/C=C/c1ccccc1[C@@H](C)OC[C@@H](CN1CCC[C@H]1Cc1ccc(C)c(F)c1)ON. The molecular formula is C28H37FN2O4. The van der Waals surface area contributed by atoms with Crippen molar-refractivity contribution in [2.24, 2.45) is 5.90 Å². The van der Waals surface area contributed by atoms with Crippen LogP contribution in [-0.2, 0) is 25.5 Å². The Hall–Kier alpha value is -2.58. The number of nitrogens with zero attached hydrogens (tertiary/aromatic N) is 1. The monoisotopic (exact) mass is 484 g/mol. The van der Waals surface area contributed by atoms with Crippen LogP contribution in [-0.4, -0.2) is 49.8 Å². The van der Waals surface area contributed by atoms with Gasteiger partial charge in [0.1, 0.15) is 11.9 Å². The molecule has 3 rings (SSSR count). The van der Waals surface area contributed by atoms with Crippen molar-refractivity contribution in [3.8, 4) is 0 Å². The minimum atomic E-state index is -0.283. The van der Waals surface area contributed by atoms with Crippen molar-refractivity contribution < 1.29 is 23.5 Å². The zero-order chi connectivity index (χ0) is 25.2. The first kappa shape index (κ1) is 27.0. The fourth-order valence-electron chi connectivity index (χ4n) is 4.54. The lowest BCUT2D eigenvalue weighted by molar-refractivity contribution is -0.139. The minimum Gasteiger partial charge on any atom is -0.469 e. The fourth-order valence-corrected chi connectivity index (χ4v) is 4.54. The third-order valence-corrected chi connectivity index (χ3v) is 6.61. The van der Waals surface area contributed by atoms with E-state index in [-0.39, 0.29) is 30.4 Å². The predicted octanol–water partition coefficient (Wildman–Crippen LogP) is 4.75. The molecule has 1 aliphatic heterocycles. The van der Waals surface area contributed by atoms with E-state index >= 15 is 0 Å². The van der Waals surface area contributed by atoms with Crippen LogP contribution in [0, 0.1) is 12.7 Å². The number of carbonyl (C=O) groups is 1. The number of nitrogens with two attached hydrogens (primary N) is 1. The van der Waals surface area contributed by atoms with Crippen LogP contribution in [0.3, 0.4) is 0 Å². The third-order valence-electron chi connectivity index (χ3n) is 6.61. The van der Waals surface area contributed by atoms with Crippen LogP contribution in [0.1, 0.15) is 54.5 Å². The van der Waals surface area contributed by atoms with E-state index in [9.17, 15) is 9.18 Å².